The second kappa shape index (κ2) is 6.08. The third kappa shape index (κ3) is 2.97. The molecular weight excluding hydrogens is 311 g/mol. The fourth-order valence-corrected chi connectivity index (χ4v) is 3.58. The van der Waals surface area contributed by atoms with Crippen molar-refractivity contribution in [2.75, 3.05) is 0 Å². The van der Waals surface area contributed by atoms with Crippen molar-refractivity contribution in [1.82, 2.24) is 4.57 Å². The number of nitrogens with zero attached hydrogens (tertiary/aromatic N) is 2. The first-order valence-electron chi connectivity index (χ1n) is 7.45. The third-order valence-electron chi connectivity index (χ3n) is 3.91. The molecule has 0 spiro atoms. The second-order valence-corrected chi connectivity index (χ2v) is 6.47. The molecule has 0 aliphatic carbocycles. The number of benzene rings is 2. The molecule has 3 rings (SSSR count). The van der Waals surface area contributed by atoms with Gasteiger partial charge in [-0.2, -0.15) is 4.99 Å². The van der Waals surface area contributed by atoms with Gasteiger partial charge in [0, 0.05) is 12.1 Å². The second-order valence-electron chi connectivity index (χ2n) is 5.46. The summed E-state index contributed by atoms with van der Waals surface area (Å²) in [5.74, 6) is -0.559. The minimum Gasteiger partial charge on any atom is -0.317 e. The summed E-state index contributed by atoms with van der Waals surface area (Å²) >= 11 is 1.33. The van der Waals surface area contributed by atoms with Crippen LogP contribution in [0.15, 0.2) is 41.4 Å². The lowest BCUT2D eigenvalue weighted by molar-refractivity contribution is 0.0998. The maximum atomic E-state index is 13.4. The highest BCUT2D eigenvalue weighted by atomic mass is 32.1. The Hall–Kier alpha value is -2.27. The summed E-state index contributed by atoms with van der Waals surface area (Å²) in [7, 11) is 0. The van der Waals surface area contributed by atoms with Crippen LogP contribution in [0.4, 0.5) is 4.39 Å². The Bertz CT molecular complexity index is 969. The quantitative estimate of drug-likeness (QED) is 0.693. The van der Waals surface area contributed by atoms with Crippen molar-refractivity contribution in [3.8, 4) is 0 Å². The number of hydrogen-bond donors (Lipinski definition) is 0. The standard InChI is InChI=1S/C18H17FN2OS/c1-4-21-15-8-7-14(19)10-16(15)23-18(21)20-17(22)13-6-5-11(2)12(3)9-13/h5-10H,4H2,1-3H3. The lowest BCUT2D eigenvalue weighted by Gasteiger charge is -2.02. The summed E-state index contributed by atoms with van der Waals surface area (Å²) in [6.45, 7) is 6.63. The predicted octanol–water partition coefficient (Wildman–Crippen LogP) is 4.22. The molecule has 0 bridgehead atoms. The van der Waals surface area contributed by atoms with Crippen LogP contribution in [0.2, 0.25) is 0 Å². The number of carbonyl (C=O) groups excluding carboxylic acids is 1. The SMILES string of the molecule is CCn1c(=NC(=O)c2ccc(C)c(C)c2)sc2cc(F)ccc21. The van der Waals surface area contributed by atoms with Crippen molar-refractivity contribution >= 4 is 27.5 Å². The van der Waals surface area contributed by atoms with Crippen LogP contribution >= 0.6 is 11.3 Å². The third-order valence-corrected chi connectivity index (χ3v) is 4.95. The van der Waals surface area contributed by atoms with Crippen LogP contribution in [0.25, 0.3) is 10.2 Å². The highest BCUT2D eigenvalue weighted by Gasteiger charge is 2.09. The summed E-state index contributed by atoms with van der Waals surface area (Å²) in [4.78, 5) is 17.3. The van der Waals surface area contributed by atoms with Crippen LogP contribution in [0.5, 0.6) is 0 Å². The molecule has 5 heteroatoms. The number of rotatable bonds is 2. The lowest BCUT2D eigenvalue weighted by atomic mass is 10.1. The monoisotopic (exact) mass is 328 g/mol. The molecule has 118 valence electrons. The molecule has 1 aromatic heterocycles. The Kier molecular flexibility index (Phi) is 4.13. The van der Waals surface area contributed by atoms with Crippen LogP contribution in [0.3, 0.4) is 0 Å². The molecule has 1 heterocycles. The number of amides is 1. The van der Waals surface area contributed by atoms with Gasteiger partial charge in [-0.25, -0.2) is 4.39 Å². The highest BCUT2D eigenvalue weighted by Crippen LogP contribution is 2.19. The van der Waals surface area contributed by atoms with E-state index in [1.165, 1.54) is 23.5 Å². The normalized spacial score (nSPS) is 12.1. The molecule has 3 aromatic rings. The molecule has 0 radical (unpaired) electrons. The highest BCUT2D eigenvalue weighted by molar-refractivity contribution is 7.16. The Morgan fingerprint density at radius 2 is 1.96 bits per heavy atom. The Balaban J connectivity index is 2.12. The van der Waals surface area contributed by atoms with Crippen molar-refractivity contribution in [3.63, 3.8) is 0 Å². The first kappa shape index (κ1) is 15.6. The van der Waals surface area contributed by atoms with Crippen molar-refractivity contribution in [2.45, 2.75) is 27.3 Å². The average molecular weight is 328 g/mol. The van der Waals surface area contributed by atoms with Crippen LogP contribution in [-0.4, -0.2) is 10.5 Å². The molecule has 0 aliphatic rings. The molecule has 0 unspecified atom stereocenters. The predicted molar refractivity (Wildman–Crippen MR) is 91.3 cm³/mol. The van der Waals surface area contributed by atoms with Crippen LogP contribution < -0.4 is 4.80 Å². The largest absolute Gasteiger partial charge is 0.317 e. The van der Waals surface area contributed by atoms with Gasteiger partial charge in [0.25, 0.3) is 5.91 Å². The summed E-state index contributed by atoms with van der Waals surface area (Å²) in [5.41, 5.74) is 3.67. The Labute approximate surface area is 137 Å². The van der Waals surface area contributed by atoms with Crippen LogP contribution in [-0.2, 0) is 6.54 Å². The van der Waals surface area contributed by atoms with E-state index in [9.17, 15) is 9.18 Å². The molecule has 0 atom stereocenters. The molecule has 0 aliphatic heterocycles. The van der Waals surface area contributed by atoms with Gasteiger partial charge < -0.3 is 4.57 Å². The first-order valence-corrected chi connectivity index (χ1v) is 8.26. The van der Waals surface area contributed by atoms with E-state index in [-0.39, 0.29) is 11.7 Å². The molecule has 0 saturated carbocycles. The van der Waals surface area contributed by atoms with Crippen LogP contribution in [0.1, 0.15) is 28.4 Å². The number of hydrogen-bond acceptors (Lipinski definition) is 2. The van der Waals surface area contributed by atoms with Gasteiger partial charge in [-0.15, -0.1) is 0 Å². The van der Waals surface area contributed by atoms with E-state index < -0.39 is 0 Å². The Morgan fingerprint density at radius 1 is 1.17 bits per heavy atom. The molecule has 2 aromatic carbocycles. The molecule has 23 heavy (non-hydrogen) atoms. The first-order chi connectivity index (χ1) is 11.0. The number of halogens is 1. The molecule has 1 amide bonds. The molecular formula is C18H17FN2OS. The van der Waals surface area contributed by atoms with E-state index in [2.05, 4.69) is 4.99 Å². The number of carbonyl (C=O) groups is 1. The number of fused-ring (bicyclic) bond motifs is 1. The van der Waals surface area contributed by atoms with Gasteiger partial charge in [0.2, 0.25) is 0 Å². The van der Waals surface area contributed by atoms with E-state index in [0.717, 1.165) is 21.3 Å². The number of aryl methyl sites for hydroxylation is 3. The molecule has 3 nitrogen and oxygen atoms in total. The van der Waals surface area contributed by atoms with E-state index in [1.807, 2.05) is 37.5 Å². The maximum Gasteiger partial charge on any atom is 0.279 e. The van der Waals surface area contributed by atoms with Gasteiger partial charge in [-0.3, -0.25) is 4.79 Å². The summed E-state index contributed by atoms with van der Waals surface area (Å²) < 4.78 is 16.1. The smallest absolute Gasteiger partial charge is 0.279 e. The lowest BCUT2D eigenvalue weighted by Crippen LogP contribution is -2.15. The van der Waals surface area contributed by atoms with Crippen molar-refractivity contribution < 1.29 is 9.18 Å². The molecule has 0 saturated heterocycles. The molecule has 0 fully saturated rings. The van der Waals surface area contributed by atoms with E-state index in [4.69, 9.17) is 0 Å². The zero-order valence-corrected chi connectivity index (χ0v) is 14.1. The Morgan fingerprint density at radius 3 is 2.65 bits per heavy atom. The van der Waals surface area contributed by atoms with Gasteiger partial charge in [0.1, 0.15) is 5.82 Å². The van der Waals surface area contributed by atoms with E-state index >= 15 is 0 Å². The number of thiazole rings is 1. The fourth-order valence-electron chi connectivity index (χ4n) is 2.46. The van der Waals surface area contributed by atoms with Gasteiger partial charge >= 0.3 is 0 Å². The summed E-state index contributed by atoms with van der Waals surface area (Å²) in [6, 6.07) is 10.2. The minimum absolute atomic E-state index is 0.276. The number of aromatic nitrogens is 1. The van der Waals surface area contributed by atoms with Gasteiger partial charge in [-0.1, -0.05) is 17.4 Å². The minimum atomic E-state index is -0.283. The van der Waals surface area contributed by atoms with Crippen molar-refractivity contribution in [2.24, 2.45) is 4.99 Å². The molecule has 0 N–H and O–H groups in total. The van der Waals surface area contributed by atoms with Gasteiger partial charge in [-0.05, 0) is 62.2 Å². The van der Waals surface area contributed by atoms with Crippen molar-refractivity contribution in [3.05, 3.63) is 63.7 Å². The fraction of sp³-hybridized carbons (Fsp3) is 0.222. The van der Waals surface area contributed by atoms with Gasteiger partial charge in [0.05, 0.1) is 10.2 Å². The van der Waals surface area contributed by atoms with Crippen molar-refractivity contribution in [1.29, 1.82) is 0 Å². The van der Waals surface area contributed by atoms with E-state index in [1.54, 1.807) is 12.1 Å². The zero-order chi connectivity index (χ0) is 16.6. The topological polar surface area (TPSA) is 34.4 Å². The summed E-state index contributed by atoms with van der Waals surface area (Å²) in [5, 5.41) is 0. The van der Waals surface area contributed by atoms with E-state index in [0.29, 0.717) is 16.9 Å². The maximum absolute atomic E-state index is 13.4. The summed E-state index contributed by atoms with van der Waals surface area (Å²) in [6.07, 6.45) is 0. The average Bonchev–Trinajstić information content (AvgIpc) is 2.85. The van der Waals surface area contributed by atoms with Gasteiger partial charge in [0.15, 0.2) is 4.80 Å². The zero-order valence-electron chi connectivity index (χ0n) is 13.3. The van der Waals surface area contributed by atoms with Crippen LogP contribution in [0, 0.1) is 19.7 Å².